The van der Waals surface area contributed by atoms with Crippen LogP contribution < -0.4 is 0 Å². The molecule has 0 saturated heterocycles. The summed E-state index contributed by atoms with van der Waals surface area (Å²) in [6, 6.07) is 14.5. The molecule has 0 bridgehead atoms. The summed E-state index contributed by atoms with van der Waals surface area (Å²) >= 11 is 1.40. The van der Waals surface area contributed by atoms with Gasteiger partial charge >= 0.3 is 6.18 Å². The number of halogens is 3. The quantitative estimate of drug-likeness (QED) is 0.338. The number of nitrogens with zero attached hydrogens (tertiary/aromatic N) is 1. The van der Waals surface area contributed by atoms with Crippen LogP contribution in [0.3, 0.4) is 0 Å². The maximum absolute atomic E-state index is 13.5. The number of fused-ring (bicyclic) bond motifs is 1. The Hall–Kier alpha value is -2.71. The summed E-state index contributed by atoms with van der Waals surface area (Å²) < 4.78 is 64.8. The third-order valence-corrected chi connectivity index (χ3v) is 7.99. The fourth-order valence-corrected chi connectivity index (χ4v) is 5.57. The Balaban J connectivity index is 1.86. The van der Waals surface area contributed by atoms with Crippen molar-refractivity contribution in [2.45, 2.75) is 24.9 Å². The number of aryl methyl sites for hydroxylation is 1. The minimum Gasteiger partial charge on any atom is -0.255 e. The highest BCUT2D eigenvalue weighted by Crippen LogP contribution is 2.42. The van der Waals surface area contributed by atoms with E-state index in [4.69, 9.17) is 0 Å². The molecule has 0 aliphatic heterocycles. The van der Waals surface area contributed by atoms with Crippen molar-refractivity contribution < 1.29 is 21.6 Å². The van der Waals surface area contributed by atoms with E-state index in [0.717, 1.165) is 26.9 Å². The molecule has 2 aromatic carbocycles. The first-order chi connectivity index (χ1) is 14.6. The Bertz CT molecular complexity index is 1390. The monoisotopic (exact) mass is 461 g/mol. The van der Waals surface area contributed by atoms with E-state index in [1.807, 2.05) is 25.1 Å². The van der Waals surface area contributed by atoms with Gasteiger partial charge in [-0.25, -0.2) is 8.42 Å². The van der Waals surface area contributed by atoms with Gasteiger partial charge in [0, 0.05) is 26.9 Å². The molecule has 0 amide bonds. The molecular formula is C23H18F3NO2S2. The van der Waals surface area contributed by atoms with Crippen LogP contribution in [0.5, 0.6) is 0 Å². The van der Waals surface area contributed by atoms with Crippen molar-refractivity contribution >= 4 is 32.1 Å². The van der Waals surface area contributed by atoms with Crippen LogP contribution in [0.25, 0.3) is 31.8 Å². The highest BCUT2D eigenvalue weighted by atomic mass is 32.2. The van der Waals surface area contributed by atoms with Crippen LogP contribution in [0, 0.1) is 6.92 Å². The number of alkyl halides is 3. The van der Waals surface area contributed by atoms with Gasteiger partial charge in [0.05, 0.1) is 21.7 Å². The first-order valence-corrected chi connectivity index (χ1v) is 12.0. The Morgan fingerprint density at radius 3 is 2.42 bits per heavy atom. The lowest BCUT2D eigenvalue weighted by atomic mass is 10.00. The molecule has 160 valence electrons. The number of para-hydroxylation sites is 1. The Morgan fingerprint density at radius 2 is 1.71 bits per heavy atom. The van der Waals surface area contributed by atoms with Gasteiger partial charge < -0.3 is 0 Å². The smallest absolute Gasteiger partial charge is 0.255 e. The van der Waals surface area contributed by atoms with Crippen LogP contribution in [-0.4, -0.2) is 19.2 Å². The molecule has 0 N–H and O–H groups in total. The van der Waals surface area contributed by atoms with Crippen molar-refractivity contribution in [2.75, 3.05) is 5.75 Å². The zero-order valence-electron chi connectivity index (χ0n) is 16.7. The van der Waals surface area contributed by atoms with Crippen molar-refractivity contribution in [1.29, 1.82) is 0 Å². The summed E-state index contributed by atoms with van der Waals surface area (Å²) in [5, 5.41) is 0.436. The van der Waals surface area contributed by atoms with E-state index >= 15 is 0 Å². The van der Waals surface area contributed by atoms with Crippen LogP contribution >= 0.6 is 11.3 Å². The first-order valence-electron chi connectivity index (χ1n) is 9.50. The zero-order valence-corrected chi connectivity index (χ0v) is 18.3. The topological polar surface area (TPSA) is 47.0 Å². The Kier molecular flexibility index (Phi) is 5.39. The maximum Gasteiger partial charge on any atom is 0.418 e. The molecule has 0 aliphatic carbocycles. The minimum absolute atomic E-state index is 0.00980. The van der Waals surface area contributed by atoms with Crippen molar-refractivity contribution in [2.24, 2.45) is 0 Å². The number of thiophene rings is 1. The molecular weight excluding hydrogens is 443 g/mol. The number of hydrogen-bond donors (Lipinski definition) is 0. The minimum atomic E-state index is -4.50. The van der Waals surface area contributed by atoms with E-state index in [9.17, 15) is 21.6 Å². The van der Waals surface area contributed by atoms with E-state index in [1.54, 1.807) is 31.2 Å². The number of pyridine rings is 1. The van der Waals surface area contributed by atoms with Gasteiger partial charge in [-0.2, -0.15) is 13.2 Å². The van der Waals surface area contributed by atoms with Gasteiger partial charge in [0.15, 0.2) is 9.84 Å². The van der Waals surface area contributed by atoms with E-state index in [2.05, 4.69) is 4.98 Å². The van der Waals surface area contributed by atoms with Crippen molar-refractivity contribution in [1.82, 2.24) is 4.98 Å². The third-order valence-electron chi connectivity index (χ3n) is 5.10. The molecule has 0 radical (unpaired) electrons. The highest BCUT2D eigenvalue weighted by molar-refractivity contribution is 7.91. The Morgan fingerprint density at radius 1 is 1.00 bits per heavy atom. The van der Waals surface area contributed by atoms with E-state index in [0.29, 0.717) is 10.9 Å². The number of rotatable bonds is 4. The van der Waals surface area contributed by atoms with Gasteiger partial charge in [0.1, 0.15) is 0 Å². The molecule has 3 nitrogen and oxygen atoms in total. The molecule has 4 aromatic rings. The summed E-state index contributed by atoms with van der Waals surface area (Å²) in [5.74, 6) is 0.00980. The number of hydrogen-bond acceptors (Lipinski definition) is 4. The van der Waals surface area contributed by atoms with E-state index < -0.39 is 21.6 Å². The van der Waals surface area contributed by atoms with Crippen LogP contribution in [0.15, 0.2) is 65.7 Å². The van der Waals surface area contributed by atoms with Gasteiger partial charge in [-0.1, -0.05) is 31.2 Å². The predicted molar refractivity (Wildman–Crippen MR) is 118 cm³/mol. The van der Waals surface area contributed by atoms with E-state index in [-0.39, 0.29) is 16.2 Å². The lowest BCUT2D eigenvalue weighted by Gasteiger charge is -2.13. The largest absolute Gasteiger partial charge is 0.418 e. The number of aromatic nitrogens is 1. The first kappa shape index (κ1) is 21.5. The molecule has 2 heterocycles. The SMILES string of the molecule is CCS(=O)(=O)c1cccc(-c2ccc(-c3c(C)cnc4c(C(F)(F)F)cccc34)s2)c1. The average molecular weight is 462 g/mol. The third kappa shape index (κ3) is 3.97. The van der Waals surface area contributed by atoms with Gasteiger partial charge in [-0.05, 0) is 48.4 Å². The Labute approximate surface area is 182 Å². The van der Waals surface area contributed by atoms with Gasteiger partial charge in [0.2, 0.25) is 0 Å². The summed E-state index contributed by atoms with van der Waals surface area (Å²) in [6.07, 6.45) is -3.04. The summed E-state index contributed by atoms with van der Waals surface area (Å²) in [4.78, 5) is 5.94. The summed E-state index contributed by atoms with van der Waals surface area (Å²) in [7, 11) is -3.34. The molecule has 4 rings (SSSR count). The molecule has 0 unspecified atom stereocenters. The molecule has 8 heteroatoms. The molecule has 0 saturated carbocycles. The molecule has 0 fully saturated rings. The van der Waals surface area contributed by atoms with Gasteiger partial charge in [-0.15, -0.1) is 11.3 Å². The van der Waals surface area contributed by atoms with Crippen LogP contribution in [0.4, 0.5) is 13.2 Å². The normalized spacial score (nSPS) is 12.4. The molecule has 2 aromatic heterocycles. The average Bonchev–Trinajstić information content (AvgIpc) is 3.22. The predicted octanol–water partition coefficient (Wildman–Crippen LogP) is 6.75. The molecule has 31 heavy (non-hydrogen) atoms. The lowest BCUT2D eigenvalue weighted by Crippen LogP contribution is -2.06. The second-order valence-corrected chi connectivity index (χ2v) is 10.5. The van der Waals surface area contributed by atoms with Crippen molar-refractivity contribution in [3.8, 4) is 20.9 Å². The highest BCUT2D eigenvalue weighted by Gasteiger charge is 2.33. The fourth-order valence-electron chi connectivity index (χ4n) is 3.52. The molecule has 0 aliphatic rings. The molecule has 0 atom stereocenters. The zero-order chi connectivity index (χ0) is 22.4. The number of sulfone groups is 1. The second-order valence-electron chi connectivity index (χ2n) is 7.11. The van der Waals surface area contributed by atoms with Crippen molar-refractivity contribution in [3.05, 3.63) is 71.9 Å². The standard InChI is InChI=1S/C23H18F3NO2S2/c1-3-31(28,29)16-7-4-6-15(12-16)19-10-11-20(30-19)21-14(2)13-27-22-17(21)8-5-9-18(22)23(24,25)26/h4-13H,3H2,1-2H3. The van der Waals surface area contributed by atoms with Crippen LogP contribution in [0.2, 0.25) is 0 Å². The summed E-state index contributed by atoms with van der Waals surface area (Å²) in [6.45, 7) is 3.41. The molecule has 0 spiro atoms. The lowest BCUT2D eigenvalue weighted by molar-refractivity contribution is -0.136. The summed E-state index contributed by atoms with van der Waals surface area (Å²) in [5.41, 5.74) is 1.37. The van der Waals surface area contributed by atoms with E-state index in [1.165, 1.54) is 23.6 Å². The van der Waals surface area contributed by atoms with Crippen LogP contribution in [-0.2, 0) is 16.0 Å². The van der Waals surface area contributed by atoms with Crippen molar-refractivity contribution in [3.63, 3.8) is 0 Å². The maximum atomic E-state index is 13.5. The van der Waals surface area contributed by atoms with Gasteiger partial charge in [0.25, 0.3) is 0 Å². The second kappa shape index (κ2) is 7.76. The van der Waals surface area contributed by atoms with Gasteiger partial charge in [-0.3, -0.25) is 4.98 Å². The fraction of sp³-hybridized carbons (Fsp3) is 0.174. The van der Waals surface area contributed by atoms with Crippen LogP contribution in [0.1, 0.15) is 18.1 Å². The number of benzene rings is 2.